The van der Waals surface area contributed by atoms with Gasteiger partial charge in [0, 0.05) is 10.8 Å². The highest BCUT2D eigenvalue weighted by atomic mass is 16.6. The zero-order valence-corrected chi connectivity index (χ0v) is 14.4. The van der Waals surface area contributed by atoms with Crippen LogP contribution in [0.2, 0.25) is 0 Å². The van der Waals surface area contributed by atoms with Crippen LogP contribution in [0.15, 0.2) is 67.3 Å². The highest BCUT2D eigenvalue weighted by molar-refractivity contribution is 5.23. The molecule has 3 rings (SSSR count). The summed E-state index contributed by atoms with van der Waals surface area (Å²) in [5.74, 6) is -0.204. The normalized spacial score (nSPS) is 26.1. The summed E-state index contributed by atoms with van der Waals surface area (Å²) in [7, 11) is 0. The van der Waals surface area contributed by atoms with Gasteiger partial charge in [-0.1, -0.05) is 66.2 Å². The Morgan fingerprint density at radius 3 is 2.48 bits per heavy atom. The number of aryl methyl sites for hydroxylation is 1. The molecular formula is C21H23NO3. The molecule has 0 unspecified atom stereocenters. The largest absolute Gasteiger partial charge is 0.363 e. The lowest BCUT2D eigenvalue weighted by atomic mass is 9.83. The Labute approximate surface area is 148 Å². The Hall–Kier alpha value is -2.46. The number of benzene rings is 2. The Morgan fingerprint density at radius 1 is 1.20 bits per heavy atom. The van der Waals surface area contributed by atoms with Gasteiger partial charge < -0.3 is 4.74 Å². The van der Waals surface area contributed by atoms with Gasteiger partial charge in [-0.3, -0.25) is 10.1 Å². The summed E-state index contributed by atoms with van der Waals surface area (Å²) in [6, 6.07) is 17.0. The summed E-state index contributed by atoms with van der Waals surface area (Å²) in [4.78, 5) is 11.5. The quantitative estimate of drug-likeness (QED) is 0.458. The molecular weight excluding hydrogens is 314 g/mol. The van der Waals surface area contributed by atoms with Gasteiger partial charge in [-0.2, -0.15) is 0 Å². The Kier molecular flexibility index (Phi) is 5.29. The third-order valence-corrected chi connectivity index (χ3v) is 4.88. The fourth-order valence-electron chi connectivity index (χ4n) is 3.55. The van der Waals surface area contributed by atoms with E-state index in [1.165, 1.54) is 11.1 Å². The highest BCUT2D eigenvalue weighted by Gasteiger charge is 2.45. The summed E-state index contributed by atoms with van der Waals surface area (Å²) in [5.41, 5.74) is 3.25. The third-order valence-electron chi connectivity index (χ3n) is 4.88. The van der Waals surface area contributed by atoms with E-state index in [1.54, 1.807) is 6.08 Å². The van der Waals surface area contributed by atoms with Crippen LogP contribution in [0.4, 0.5) is 0 Å². The minimum Gasteiger partial charge on any atom is -0.363 e. The molecule has 25 heavy (non-hydrogen) atoms. The molecule has 0 amide bonds. The molecule has 4 atom stereocenters. The van der Waals surface area contributed by atoms with Crippen LogP contribution >= 0.6 is 0 Å². The minimum absolute atomic E-state index is 0.0629. The molecule has 130 valence electrons. The van der Waals surface area contributed by atoms with Crippen LogP contribution in [0, 0.1) is 23.0 Å². The second kappa shape index (κ2) is 7.62. The summed E-state index contributed by atoms with van der Waals surface area (Å²) < 4.78 is 6.22. The van der Waals surface area contributed by atoms with Crippen molar-refractivity contribution >= 4 is 0 Å². The van der Waals surface area contributed by atoms with Crippen molar-refractivity contribution in [3.8, 4) is 0 Å². The number of hydrogen-bond acceptors (Lipinski definition) is 3. The fraction of sp³-hybridized carbons (Fsp3) is 0.333. The molecule has 0 radical (unpaired) electrons. The van der Waals surface area contributed by atoms with Crippen molar-refractivity contribution in [3.05, 3.63) is 94.1 Å². The number of hydrogen-bond donors (Lipinski definition) is 0. The van der Waals surface area contributed by atoms with Crippen LogP contribution in [0.1, 0.15) is 29.2 Å². The number of rotatable bonds is 5. The predicted octanol–water partition coefficient (Wildman–Crippen LogP) is 4.52. The molecule has 0 bridgehead atoms. The first-order valence-corrected chi connectivity index (χ1v) is 8.60. The fourth-order valence-corrected chi connectivity index (χ4v) is 3.55. The molecule has 0 saturated carbocycles. The molecule has 0 aromatic heterocycles. The van der Waals surface area contributed by atoms with E-state index < -0.39 is 12.1 Å². The van der Waals surface area contributed by atoms with E-state index in [4.69, 9.17) is 4.74 Å². The van der Waals surface area contributed by atoms with Crippen LogP contribution in [-0.4, -0.2) is 17.1 Å². The molecule has 1 saturated heterocycles. The maximum atomic E-state index is 11.7. The van der Waals surface area contributed by atoms with Crippen LogP contribution in [0.25, 0.3) is 0 Å². The SMILES string of the molecule is C=C[C@H]1C[C@@H](Cc2ccc(C)cc2)O[C@@H](c2ccccc2)[C@H]1[N+](=O)[O-]. The lowest BCUT2D eigenvalue weighted by Crippen LogP contribution is -2.44. The molecule has 0 N–H and O–H groups in total. The van der Waals surface area contributed by atoms with Gasteiger partial charge in [0.2, 0.25) is 6.04 Å². The van der Waals surface area contributed by atoms with E-state index in [1.807, 2.05) is 30.3 Å². The van der Waals surface area contributed by atoms with Crippen molar-refractivity contribution in [2.45, 2.75) is 38.0 Å². The zero-order valence-electron chi connectivity index (χ0n) is 14.4. The van der Waals surface area contributed by atoms with E-state index in [0.717, 1.165) is 12.0 Å². The van der Waals surface area contributed by atoms with Gasteiger partial charge in [0.15, 0.2) is 6.10 Å². The second-order valence-electron chi connectivity index (χ2n) is 6.69. The van der Waals surface area contributed by atoms with Gasteiger partial charge in [-0.05, 0) is 30.9 Å². The highest BCUT2D eigenvalue weighted by Crippen LogP contribution is 2.38. The van der Waals surface area contributed by atoms with Crippen LogP contribution in [0.3, 0.4) is 0 Å². The van der Waals surface area contributed by atoms with Crippen molar-refractivity contribution in [2.75, 3.05) is 0 Å². The van der Waals surface area contributed by atoms with Crippen molar-refractivity contribution in [3.63, 3.8) is 0 Å². The molecule has 4 heteroatoms. The molecule has 2 aromatic rings. The van der Waals surface area contributed by atoms with Crippen molar-refractivity contribution < 1.29 is 9.66 Å². The minimum atomic E-state index is -0.797. The van der Waals surface area contributed by atoms with Gasteiger partial charge in [0.05, 0.1) is 6.10 Å². The lowest BCUT2D eigenvalue weighted by Gasteiger charge is -2.36. The van der Waals surface area contributed by atoms with Crippen molar-refractivity contribution in [1.82, 2.24) is 0 Å². The van der Waals surface area contributed by atoms with E-state index in [0.29, 0.717) is 6.42 Å². The first-order valence-electron chi connectivity index (χ1n) is 8.60. The predicted molar refractivity (Wildman–Crippen MR) is 98.0 cm³/mol. The van der Waals surface area contributed by atoms with Gasteiger partial charge >= 0.3 is 0 Å². The zero-order chi connectivity index (χ0) is 17.8. The van der Waals surface area contributed by atoms with Crippen LogP contribution < -0.4 is 0 Å². The number of nitrogens with zero attached hydrogens (tertiary/aromatic N) is 1. The molecule has 4 nitrogen and oxygen atoms in total. The molecule has 1 aliphatic rings. The first kappa shape index (κ1) is 17.4. The molecule has 0 spiro atoms. The van der Waals surface area contributed by atoms with E-state index in [-0.39, 0.29) is 16.9 Å². The Bertz CT molecular complexity index is 727. The lowest BCUT2D eigenvalue weighted by molar-refractivity contribution is -0.551. The number of ether oxygens (including phenoxy) is 1. The average Bonchev–Trinajstić information content (AvgIpc) is 2.63. The smallest absolute Gasteiger partial charge is 0.249 e. The third kappa shape index (κ3) is 3.97. The molecule has 2 aromatic carbocycles. The van der Waals surface area contributed by atoms with Crippen LogP contribution in [-0.2, 0) is 11.2 Å². The average molecular weight is 337 g/mol. The van der Waals surface area contributed by atoms with E-state index in [9.17, 15) is 10.1 Å². The monoisotopic (exact) mass is 337 g/mol. The topological polar surface area (TPSA) is 52.4 Å². The summed E-state index contributed by atoms with van der Waals surface area (Å²) >= 11 is 0. The van der Waals surface area contributed by atoms with Gasteiger partial charge in [-0.25, -0.2) is 0 Å². The standard InChI is InChI=1S/C21H23NO3/c1-3-17-14-19(13-16-11-9-15(2)10-12-16)25-21(20(17)22(23)24)18-7-5-4-6-8-18/h3-12,17,19-21H,1,13-14H2,2H3/t17-,19+,20-,21-/m0/s1. The first-order chi connectivity index (χ1) is 12.1. The van der Waals surface area contributed by atoms with Crippen LogP contribution in [0.5, 0.6) is 0 Å². The van der Waals surface area contributed by atoms with Gasteiger partial charge in [0.1, 0.15) is 0 Å². The summed E-state index contributed by atoms with van der Waals surface area (Å²) in [6.45, 7) is 5.90. The Balaban J connectivity index is 1.86. The molecule has 0 aliphatic carbocycles. The molecule has 1 aliphatic heterocycles. The number of nitro groups is 1. The summed E-state index contributed by atoms with van der Waals surface area (Å²) in [5, 5.41) is 11.7. The van der Waals surface area contributed by atoms with Gasteiger partial charge in [-0.15, -0.1) is 6.58 Å². The van der Waals surface area contributed by atoms with Crippen molar-refractivity contribution in [1.29, 1.82) is 0 Å². The van der Waals surface area contributed by atoms with E-state index >= 15 is 0 Å². The van der Waals surface area contributed by atoms with E-state index in [2.05, 4.69) is 37.8 Å². The van der Waals surface area contributed by atoms with Crippen molar-refractivity contribution in [2.24, 2.45) is 5.92 Å². The molecule has 1 fully saturated rings. The molecule has 1 heterocycles. The Morgan fingerprint density at radius 2 is 1.88 bits per heavy atom. The summed E-state index contributed by atoms with van der Waals surface area (Å²) in [6.07, 6.45) is 2.47. The van der Waals surface area contributed by atoms with Gasteiger partial charge in [0.25, 0.3) is 0 Å². The maximum Gasteiger partial charge on any atom is 0.249 e. The second-order valence-corrected chi connectivity index (χ2v) is 6.69. The maximum absolute atomic E-state index is 11.7.